The summed E-state index contributed by atoms with van der Waals surface area (Å²) in [5.41, 5.74) is 2.26. The molecular weight excluding hydrogens is 402 g/mol. The average molecular weight is 424 g/mol. The van der Waals surface area contributed by atoms with E-state index in [0.717, 1.165) is 17.1 Å². The number of halogens is 1. The summed E-state index contributed by atoms with van der Waals surface area (Å²) in [5, 5.41) is 9.41. The fourth-order valence-electron chi connectivity index (χ4n) is 3.38. The topological polar surface area (TPSA) is 71.5 Å². The van der Waals surface area contributed by atoms with Crippen molar-refractivity contribution in [2.45, 2.75) is 6.92 Å². The second-order valence-electron chi connectivity index (χ2n) is 6.85. The van der Waals surface area contributed by atoms with Gasteiger partial charge in [-0.1, -0.05) is 23.7 Å². The summed E-state index contributed by atoms with van der Waals surface area (Å²) in [4.78, 5) is 21.1. The van der Waals surface area contributed by atoms with Gasteiger partial charge in [-0.15, -0.1) is 10.2 Å². The van der Waals surface area contributed by atoms with E-state index in [9.17, 15) is 4.79 Å². The Morgan fingerprint density at radius 3 is 2.47 bits per heavy atom. The van der Waals surface area contributed by atoms with Crippen molar-refractivity contribution in [3.8, 4) is 17.1 Å². The smallest absolute Gasteiger partial charge is 0.259 e. The molecule has 0 radical (unpaired) electrons. The lowest BCUT2D eigenvalue weighted by Crippen LogP contribution is -2.49. The molecule has 3 aromatic rings. The summed E-state index contributed by atoms with van der Waals surface area (Å²) in [5.74, 6) is 1.13. The molecule has 1 aliphatic heterocycles. The maximum absolute atomic E-state index is 12.9. The van der Waals surface area contributed by atoms with Crippen molar-refractivity contribution >= 4 is 23.3 Å². The molecule has 0 aliphatic carbocycles. The predicted molar refractivity (Wildman–Crippen MR) is 116 cm³/mol. The molecule has 154 valence electrons. The van der Waals surface area contributed by atoms with Gasteiger partial charge in [-0.25, -0.2) is 4.98 Å². The lowest BCUT2D eigenvalue weighted by atomic mass is 10.1. The lowest BCUT2D eigenvalue weighted by molar-refractivity contribution is 0.0741. The molecule has 1 aromatic carbocycles. The van der Waals surface area contributed by atoms with Crippen molar-refractivity contribution < 1.29 is 9.53 Å². The minimum Gasteiger partial charge on any atom is -0.477 e. The largest absolute Gasteiger partial charge is 0.477 e. The highest BCUT2D eigenvalue weighted by Crippen LogP contribution is 2.22. The number of nitrogens with zero attached hydrogens (tertiary/aromatic N) is 5. The van der Waals surface area contributed by atoms with Gasteiger partial charge in [-0.05, 0) is 43.3 Å². The standard InChI is InChI=1S/C22H22ClN5O2/c1-2-30-21-18(4-3-11-24-21)22(29)28-14-12-27(13-15-28)20-10-9-19(25-26-20)16-5-7-17(23)8-6-16/h3-11H,2,12-15H2,1H3. The molecule has 0 bridgehead atoms. The Morgan fingerprint density at radius 2 is 1.80 bits per heavy atom. The Balaban J connectivity index is 1.40. The first-order valence-electron chi connectivity index (χ1n) is 9.87. The summed E-state index contributed by atoms with van der Waals surface area (Å²) >= 11 is 5.94. The SMILES string of the molecule is CCOc1ncccc1C(=O)N1CCN(c2ccc(-c3ccc(Cl)cc3)nn2)CC1. The van der Waals surface area contributed by atoms with Crippen LogP contribution in [-0.4, -0.2) is 58.8 Å². The molecule has 1 fully saturated rings. The van der Waals surface area contributed by atoms with E-state index < -0.39 is 0 Å². The highest BCUT2D eigenvalue weighted by molar-refractivity contribution is 6.30. The first kappa shape index (κ1) is 20.1. The maximum atomic E-state index is 12.9. The first-order chi connectivity index (χ1) is 14.7. The van der Waals surface area contributed by atoms with Crippen LogP contribution in [0.15, 0.2) is 54.7 Å². The molecule has 1 saturated heterocycles. The number of benzene rings is 1. The van der Waals surface area contributed by atoms with Crippen LogP contribution < -0.4 is 9.64 Å². The normalized spacial score (nSPS) is 13.9. The van der Waals surface area contributed by atoms with E-state index in [2.05, 4.69) is 20.1 Å². The molecule has 0 atom stereocenters. The Hall–Kier alpha value is -3.19. The molecular formula is C22H22ClN5O2. The molecule has 8 heteroatoms. The van der Waals surface area contributed by atoms with Gasteiger partial charge in [0.25, 0.3) is 5.91 Å². The molecule has 0 saturated carbocycles. The number of carbonyl (C=O) groups is 1. The van der Waals surface area contributed by atoms with Crippen LogP contribution in [-0.2, 0) is 0 Å². The van der Waals surface area contributed by atoms with Crippen LogP contribution in [0.3, 0.4) is 0 Å². The van der Waals surface area contributed by atoms with Gasteiger partial charge in [0.05, 0.1) is 12.3 Å². The van der Waals surface area contributed by atoms with Gasteiger partial charge < -0.3 is 14.5 Å². The van der Waals surface area contributed by atoms with Crippen LogP contribution in [0.2, 0.25) is 5.02 Å². The molecule has 0 N–H and O–H groups in total. The minimum absolute atomic E-state index is 0.0598. The Bertz CT molecular complexity index is 1000. The van der Waals surface area contributed by atoms with Crippen LogP contribution >= 0.6 is 11.6 Å². The summed E-state index contributed by atoms with van der Waals surface area (Å²) < 4.78 is 5.50. The molecule has 1 amide bonds. The quantitative estimate of drug-likeness (QED) is 0.625. The van der Waals surface area contributed by atoms with Crippen LogP contribution in [0.25, 0.3) is 11.3 Å². The summed E-state index contributed by atoms with van der Waals surface area (Å²) in [7, 11) is 0. The van der Waals surface area contributed by atoms with E-state index in [0.29, 0.717) is 49.3 Å². The van der Waals surface area contributed by atoms with Crippen molar-refractivity contribution in [2.24, 2.45) is 0 Å². The zero-order valence-corrected chi connectivity index (χ0v) is 17.4. The van der Waals surface area contributed by atoms with Gasteiger partial charge in [0.1, 0.15) is 5.56 Å². The molecule has 3 heterocycles. The van der Waals surface area contributed by atoms with E-state index >= 15 is 0 Å². The number of pyridine rings is 1. The van der Waals surface area contributed by atoms with Crippen molar-refractivity contribution in [3.63, 3.8) is 0 Å². The van der Waals surface area contributed by atoms with Crippen LogP contribution in [0.1, 0.15) is 17.3 Å². The summed E-state index contributed by atoms with van der Waals surface area (Å²) in [6.45, 7) is 4.91. The summed E-state index contributed by atoms with van der Waals surface area (Å²) in [6.07, 6.45) is 1.63. The zero-order valence-electron chi connectivity index (χ0n) is 16.7. The molecule has 4 rings (SSSR count). The predicted octanol–water partition coefficient (Wildman–Crippen LogP) is 3.55. The number of amides is 1. The van der Waals surface area contributed by atoms with Gasteiger partial charge in [0, 0.05) is 43.0 Å². The first-order valence-corrected chi connectivity index (χ1v) is 10.2. The second kappa shape index (κ2) is 9.09. The van der Waals surface area contributed by atoms with Gasteiger partial charge in [-0.2, -0.15) is 0 Å². The molecule has 2 aromatic heterocycles. The van der Waals surface area contributed by atoms with Crippen LogP contribution in [0.4, 0.5) is 5.82 Å². The van der Waals surface area contributed by atoms with Crippen molar-refractivity contribution in [1.82, 2.24) is 20.1 Å². The molecule has 30 heavy (non-hydrogen) atoms. The monoisotopic (exact) mass is 423 g/mol. The maximum Gasteiger partial charge on any atom is 0.259 e. The minimum atomic E-state index is -0.0598. The van der Waals surface area contributed by atoms with Gasteiger partial charge in [-0.3, -0.25) is 4.79 Å². The average Bonchev–Trinajstić information content (AvgIpc) is 2.80. The Labute approximate surface area is 180 Å². The third-order valence-electron chi connectivity index (χ3n) is 4.96. The van der Waals surface area contributed by atoms with E-state index in [1.165, 1.54) is 0 Å². The zero-order chi connectivity index (χ0) is 20.9. The number of hydrogen-bond donors (Lipinski definition) is 0. The van der Waals surface area contributed by atoms with Crippen molar-refractivity contribution in [1.29, 1.82) is 0 Å². The molecule has 0 spiro atoms. The van der Waals surface area contributed by atoms with Gasteiger partial charge >= 0.3 is 0 Å². The van der Waals surface area contributed by atoms with Gasteiger partial charge in [0.15, 0.2) is 5.82 Å². The second-order valence-corrected chi connectivity index (χ2v) is 7.29. The highest BCUT2D eigenvalue weighted by Gasteiger charge is 2.25. The summed E-state index contributed by atoms with van der Waals surface area (Å²) in [6, 6.07) is 14.9. The number of rotatable bonds is 5. The van der Waals surface area contributed by atoms with Crippen LogP contribution in [0, 0.1) is 0 Å². The fraction of sp³-hybridized carbons (Fsp3) is 0.273. The Morgan fingerprint density at radius 1 is 1.03 bits per heavy atom. The number of anilines is 1. The van der Waals surface area contributed by atoms with E-state index in [1.54, 1.807) is 18.3 Å². The van der Waals surface area contributed by atoms with E-state index in [4.69, 9.17) is 16.3 Å². The lowest BCUT2D eigenvalue weighted by Gasteiger charge is -2.35. The number of carbonyl (C=O) groups excluding carboxylic acids is 1. The molecule has 1 aliphatic rings. The number of aromatic nitrogens is 3. The highest BCUT2D eigenvalue weighted by atomic mass is 35.5. The number of hydrogen-bond acceptors (Lipinski definition) is 6. The van der Waals surface area contributed by atoms with Crippen molar-refractivity contribution in [2.75, 3.05) is 37.7 Å². The fourth-order valence-corrected chi connectivity index (χ4v) is 3.51. The number of ether oxygens (including phenoxy) is 1. The molecule has 0 unspecified atom stereocenters. The Kier molecular flexibility index (Phi) is 6.09. The number of piperazine rings is 1. The molecule has 7 nitrogen and oxygen atoms in total. The van der Waals surface area contributed by atoms with Gasteiger partial charge in [0.2, 0.25) is 5.88 Å². The van der Waals surface area contributed by atoms with E-state index in [1.807, 2.05) is 48.2 Å². The van der Waals surface area contributed by atoms with E-state index in [-0.39, 0.29) is 5.91 Å². The van der Waals surface area contributed by atoms with Crippen molar-refractivity contribution in [3.05, 3.63) is 65.3 Å². The third-order valence-corrected chi connectivity index (χ3v) is 5.22. The van der Waals surface area contributed by atoms with Crippen LogP contribution in [0.5, 0.6) is 5.88 Å². The third kappa shape index (κ3) is 4.36.